The fraction of sp³-hybridized carbons (Fsp3) is 0.500. The number of hydrogen-bond donors (Lipinski definition) is 0. The molecule has 0 N–H and O–H groups in total. The van der Waals surface area contributed by atoms with E-state index >= 15 is 0 Å². The number of amides is 1. The zero-order valence-electron chi connectivity index (χ0n) is 15.8. The zero-order valence-corrected chi connectivity index (χ0v) is 15.8. The normalized spacial score (nSPS) is 20.9. The Balaban J connectivity index is 1.21. The topological polar surface area (TPSA) is 45.9 Å². The molecule has 0 spiro atoms. The SMILES string of the molecule is O=C(CCc1ccc(-c2ccccc2)o1)N1CCN(C[C@@H]2CCCO2)CC1. The zero-order chi connectivity index (χ0) is 18.5. The summed E-state index contributed by atoms with van der Waals surface area (Å²) < 4.78 is 11.6. The van der Waals surface area contributed by atoms with E-state index in [1.54, 1.807) is 0 Å². The van der Waals surface area contributed by atoms with Gasteiger partial charge >= 0.3 is 0 Å². The van der Waals surface area contributed by atoms with Gasteiger partial charge in [-0.1, -0.05) is 30.3 Å². The summed E-state index contributed by atoms with van der Waals surface area (Å²) in [6.07, 6.45) is 3.91. The molecule has 2 aromatic rings. The Morgan fingerprint density at radius 3 is 2.59 bits per heavy atom. The molecule has 1 aromatic carbocycles. The molecular formula is C22H28N2O3. The smallest absolute Gasteiger partial charge is 0.223 e. The van der Waals surface area contributed by atoms with E-state index in [0.717, 1.165) is 56.4 Å². The van der Waals surface area contributed by atoms with Gasteiger partial charge in [0, 0.05) is 57.7 Å². The van der Waals surface area contributed by atoms with Crippen molar-refractivity contribution < 1.29 is 13.9 Å². The summed E-state index contributed by atoms with van der Waals surface area (Å²) in [7, 11) is 0. The van der Waals surface area contributed by atoms with Gasteiger partial charge in [-0.15, -0.1) is 0 Å². The predicted molar refractivity (Wildman–Crippen MR) is 104 cm³/mol. The molecule has 0 unspecified atom stereocenters. The first-order chi connectivity index (χ1) is 13.3. The van der Waals surface area contributed by atoms with E-state index in [0.29, 0.717) is 18.9 Å². The maximum atomic E-state index is 12.5. The molecule has 5 heteroatoms. The third kappa shape index (κ3) is 4.79. The van der Waals surface area contributed by atoms with Gasteiger partial charge in [0.2, 0.25) is 5.91 Å². The highest BCUT2D eigenvalue weighted by molar-refractivity contribution is 5.76. The summed E-state index contributed by atoms with van der Waals surface area (Å²) in [4.78, 5) is 17.0. The minimum Gasteiger partial charge on any atom is -0.461 e. The summed E-state index contributed by atoms with van der Waals surface area (Å²) in [5, 5.41) is 0. The molecule has 3 heterocycles. The van der Waals surface area contributed by atoms with E-state index in [2.05, 4.69) is 4.90 Å². The predicted octanol–water partition coefficient (Wildman–Crippen LogP) is 3.20. The number of aryl methyl sites for hydroxylation is 1. The van der Waals surface area contributed by atoms with Gasteiger partial charge < -0.3 is 14.1 Å². The van der Waals surface area contributed by atoms with Crippen LogP contribution in [0.2, 0.25) is 0 Å². The van der Waals surface area contributed by atoms with Gasteiger partial charge in [0.15, 0.2) is 0 Å². The highest BCUT2D eigenvalue weighted by Crippen LogP contribution is 2.22. The molecule has 2 aliphatic heterocycles. The number of furan rings is 1. The van der Waals surface area contributed by atoms with Crippen LogP contribution in [0.15, 0.2) is 46.9 Å². The third-order valence-electron chi connectivity index (χ3n) is 5.52. The van der Waals surface area contributed by atoms with E-state index in [4.69, 9.17) is 9.15 Å². The molecule has 2 fully saturated rings. The van der Waals surface area contributed by atoms with Gasteiger partial charge in [0.25, 0.3) is 0 Å². The van der Waals surface area contributed by atoms with Crippen molar-refractivity contribution in [2.45, 2.75) is 31.8 Å². The standard InChI is InChI=1S/C22H28N2O3/c25-22(24-14-12-23(13-15-24)17-20-7-4-16-26-20)11-9-19-8-10-21(27-19)18-5-2-1-3-6-18/h1-3,5-6,8,10,20H,4,7,9,11-17H2/t20-/m0/s1. The Hall–Kier alpha value is -2.11. The van der Waals surface area contributed by atoms with Crippen molar-refractivity contribution in [3.05, 3.63) is 48.2 Å². The molecule has 1 atom stereocenters. The summed E-state index contributed by atoms with van der Waals surface area (Å²) in [5.74, 6) is 1.96. The molecule has 1 aromatic heterocycles. The van der Waals surface area contributed by atoms with Crippen molar-refractivity contribution in [1.29, 1.82) is 0 Å². The lowest BCUT2D eigenvalue weighted by atomic mass is 10.2. The first kappa shape index (κ1) is 18.3. The van der Waals surface area contributed by atoms with Gasteiger partial charge in [-0.3, -0.25) is 9.69 Å². The van der Waals surface area contributed by atoms with Crippen molar-refractivity contribution in [2.24, 2.45) is 0 Å². The van der Waals surface area contributed by atoms with E-state index in [-0.39, 0.29) is 5.91 Å². The molecule has 0 saturated carbocycles. The number of benzene rings is 1. The second kappa shape index (κ2) is 8.72. The molecule has 5 nitrogen and oxygen atoms in total. The first-order valence-electron chi connectivity index (χ1n) is 10.0. The van der Waals surface area contributed by atoms with Crippen LogP contribution in [0.5, 0.6) is 0 Å². The van der Waals surface area contributed by atoms with Gasteiger partial charge in [-0.05, 0) is 25.0 Å². The van der Waals surface area contributed by atoms with Gasteiger partial charge in [0.05, 0.1) is 6.10 Å². The molecule has 2 saturated heterocycles. The Morgan fingerprint density at radius 1 is 1.04 bits per heavy atom. The fourth-order valence-electron chi connectivity index (χ4n) is 3.91. The summed E-state index contributed by atoms with van der Waals surface area (Å²) >= 11 is 0. The molecule has 144 valence electrons. The quantitative estimate of drug-likeness (QED) is 0.786. The highest BCUT2D eigenvalue weighted by Gasteiger charge is 2.24. The van der Waals surface area contributed by atoms with Gasteiger partial charge in [0.1, 0.15) is 11.5 Å². The van der Waals surface area contributed by atoms with Gasteiger partial charge in [-0.2, -0.15) is 0 Å². The molecule has 4 rings (SSSR count). The third-order valence-corrected chi connectivity index (χ3v) is 5.52. The van der Waals surface area contributed by atoms with Gasteiger partial charge in [-0.25, -0.2) is 0 Å². The second-order valence-electron chi connectivity index (χ2n) is 7.45. The first-order valence-corrected chi connectivity index (χ1v) is 10.0. The van der Waals surface area contributed by atoms with Crippen LogP contribution in [-0.4, -0.2) is 61.1 Å². The van der Waals surface area contributed by atoms with Crippen LogP contribution in [-0.2, 0) is 16.0 Å². The minimum absolute atomic E-state index is 0.226. The number of ether oxygens (including phenoxy) is 1. The monoisotopic (exact) mass is 368 g/mol. The number of nitrogens with zero attached hydrogens (tertiary/aromatic N) is 2. The number of hydrogen-bond acceptors (Lipinski definition) is 4. The lowest BCUT2D eigenvalue weighted by Gasteiger charge is -2.35. The van der Waals surface area contributed by atoms with Crippen molar-refractivity contribution in [2.75, 3.05) is 39.3 Å². The van der Waals surface area contributed by atoms with Crippen LogP contribution in [0.1, 0.15) is 25.0 Å². The summed E-state index contributed by atoms with van der Waals surface area (Å²) in [6.45, 7) is 5.45. The number of carbonyl (C=O) groups is 1. The average Bonchev–Trinajstić information content (AvgIpc) is 3.39. The Bertz CT molecular complexity index is 729. The summed E-state index contributed by atoms with van der Waals surface area (Å²) in [6, 6.07) is 14.0. The van der Waals surface area contributed by atoms with Crippen LogP contribution in [0.25, 0.3) is 11.3 Å². The Morgan fingerprint density at radius 2 is 1.85 bits per heavy atom. The molecular weight excluding hydrogens is 340 g/mol. The number of rotatable bonds is 6. The van der Waals surface area contributed by atoms with Crippen LogP contribution in [0.4, 0.5) is 0 Å². The number of piperazine rings is 1. The second-order valence-corrected chi connectivity index (χ2v) is 7.45. The number of carbonyl (C=O) groups excluding carboxylic acids is 1. The molecule has 0 aliphatic carbocycles. The summed E-state index contributed by atoms with van der Waals surface area (Å²) in [5.41, 5.74) is 1.07. The van der Waals surface area contributed by atoms with Crippen molar-refractivity contribution in [1.82, 2.24) is 9.80 Å². The molecule has 0 bridgehead atoms. The van der Waals surface area contributed by atoms with E-state index in [1.807, 2.05) is 47.4 Å². The van der Waals surface area contributed by atoms with E-state index in [9.17, 15) is 4.79 Å². The maximum Gasteiger partial charge on any atom is 0.223 e. The van der Waals surface area contributed by atoms with Crippen LogP contribution >= 0.6 is 0 Å². The van der Waals surface area contributed by atoms with Crippen LogP contribution in [0, 0.1) is 0 Å². The van der Waals surface area contributed by atoms with Crippen LogP contribution < -0.4 is 0 Å². The lowest BCUT2D eigenvalue weighted by Crippen LogP contribution is -2.50. The maximum absolute atomic E-state index is 12.5. The van der Waals surface area contributed by atoms with E-state index in [1.165, 1.54) is 12.8 Å². The highest BCUT2D eigenvalue weighted by atomic mass is 16.5. The van der Waals surface area contributed by atoms with Crippen molar-refractivity contribution in [3.63, 3.8) is 0 Å². The van der Waals surface area contributed by atoms with E-state index < -0.39 is 0 Å². The largest absolute Gasteiger partial charge is 0.461 e. The van der Waals surface area contributed by atoms with Crippen molar-refractivity contribution >= 4 is 5.91 Å². The lowest BCUT2D eigenvalue weighted by molar-refractivity contribution is -0.133. The average molecular weight is 368 g/mol. The van der Waals surface area contributed by atoms with Crippen molar-refractivity contribution in [3.8, 4) is 11.3 Å². The van der Waals surface area contributed by atoms with Crippen LogP contribution in [0.3, 0.4) is 0 Å². The molecule has 27 heavy (non-hydrogen) atoms. The molecule has 1 amide bonds. The fourth-order valence-corrected chi connectivity index (χ4v) is 3.91. The Labute approximate surface area is 160 Å². The molecule has 2 aliphatic rings. The molecule has 0 radical (unpaired) electrons. The minimum atomic E-state index is 0.226. The Kier molecular flexibility index (Phi) is 5.90.